The second-order valence-corrected chi connectivity index (χ2v) is 4.99. The maximum absolute atomic E-state index is 11.2. The fourth-order valence-corrected chi connectivity index (χ4v) is 2.16. The first-order chi connectivity index (χ1) is 7.90. The Morgan fingerprint density at radius 2 is 2.00 bits per heavy atom. The van der Waals surface area contributed by atoms with E-state index in [0.717, 1.165) is 11.4 Å². The summed E-state index contributed by atoms with van der Waals surface area (Å²) in [7, 11) is 0. The van der Waals surface area contributed by atoms with Gasteiger partial charge in [-0.15, -0.1) is 0 Å². The smallest absolute Gasteiger partial charge is 0.311 e. The lowest BCUT2D eigenvalue weighted by Crippen LogP contribution is -2.32. The van der Waals surface area contributed by atoms with Crippen molar-refractivity contribution in [3.8, 4) is 0 Å². The number of rotatable bonds is 2. The molecule has 1 fully saturated rings. The van der Waals surface area contributed by atoms with Crippen molar-refractivity contribution in [2.45, 2.75) is 27.2 Å². The number of aromatic nitrogens is 2. The molecule has 0 spiro atoms. The molecule has 0 radical (unpaired) electrons. The van der Waals surface area contributed by atoms with E-state index in [9.17, 15) is 9.90 Å². The minimum absolute atomic E-state index is 0.477. The fraction of sp³-hybridized carbons (Fsp3) is 0.583. The number of hydrogen-bond acceptors (Lipinski definition) is 4. The van der Waals surface area contributed by atoms with Gasteiger partial charge in [-0.3, -0.25) is 4.79 Å². The van der Waals surface area contributed by atoms with E-state index < -0.39 is 11.4 Å². The zero-order valence-electron chi connectivity index (χ0n) is 10.4. The second kappa shape index (κ2) is 3.98. The van der Waals surface area contributed by atoms with Crippen LogP contribution in [0.25, 0.3) is 0 Å². The van der Waals surface area contributed by atoms with Crippen LogP contribution in [0.1, 0.15) is 24.7 Å². The van der Waals surface area contributed by atoms with Gasteiger partial charge in [0.15, 0.2) is 0 Å². The number of anilines is 1. The summed E-state index contributed by atoms with van der Waals surface area (Å²) < 4.78 is 0. The highest BCUT2D eigenvalue weighted by Gasteiger charge is 2.41. The first-order valence-electron chi connectivity index (χ1n) is 5.71. The Labute approximate surface area is 100 Å². The number of hydrogen-bond donors (Lipinski definition) is 1. The monoisotopic (exact) mass is 235 g/mol. The van der Waals surface area contributed by atoms with E-state index in [1.54, 1.807) is 6.92 Å². The van der Waals surface area contributed by atoms with Crippen molar-refractivity contribution >= 4 is 11.9 Å². The average molecular weight is 235 g/mol. The topological polar surface area (TPSA) is 66.3 Å². The lowest BCUT2D eigenvalue weighted by Gasteiger charge is -2.20. The van der Waals surface area contributed by atoms with Crippen LogP contribution in [0, 0.1) is 19.3 Å². The molecule has 1 aromatic heterocycles. The highest BCUT2D eigenvalue weighted by Crippen LogP contribution is 2.32. The van der Waals surface area contributed by atoms with Crippen molar-refractivity contribution in [1.82, 2.24) is 9.97 Å². The summed E-state index contributed by atoms with van der Waals surface area (Å²) in [6.45, 7) is 6.80. The summed E-state index contributed by atoms with van der Waals surface area (Å²) in [5.41, 5.74) is 1.15. The Kier molecular flexibility index (Phi) is 2.77. The number of carboxylic acid groups (broad SMARTS) is 1. The largest absolute Gasteiger partial charge is 0.481 e. The van der Waals surface area contributed by atoms with E-state index in [1.165, 1.54) is 0 Å². The van der Waals surface area contributed by atoms with Crippen molar-refractivity contribution < 1.29 is 9.90 Å². The first kappa shape index (κ1) is 11.8. The average Bonchev–Trinajstić information content (AvgIpc) is 2.61. The van der Waals surface area contributed by atoms with Gasteiger partial charge < -0.3 is 10.0 Å². The summed E-state index contributed by atoms with van der Waals surface area (Å²) in [5, 5.41) is 9.18. The van der Waals surface area contributed by atoms with Gasteiger partial charge in [0, 0.05) is 24.5 Å². The van der Waals surface area contributed by atoms with Crippen LogP contribution in [-0.2, 0) is 4.79 Å². The third-order valence-electron chi connectivity index (χ3n) is 3.24. The summed E-state index contributed by atoms with van der Waals surface area (Å²) in [4.78, 5) is 21.8. The highest BCUT2D eigenvalue weighted by molar-refractivity contribution is 5.76. The van der Waals surface area contributed by atoms with Crippen molar-refractivity contribution in [3.05, 3.63) is 17.5 Å². The molecular formula is C12H17N3O2. The van der Waals surface area contributed by atoms with Crippen LogP contribution in [0.2, 0.25) is 0 Å². The van der Waals surface area contributed by atoms with Gasteiger partial charge in [0.25, 0.3) is 0 Å². The zero-order valence-corrected chi connectivity index (χ0v) is 10.4. The van der Waals surface area contributed by atoms with Gasteiger partial charge in [0.1, 0.15) is 0 Å². The highest BCUT2D eigenvalue weighted by atomic mass is 16.4. The predicted octanol–water partition coefficient (Wildman–Crippen LogP) is 1.39. The molecular weight excluding hydrogens is 218 g/mol. The molecule has 1 atom stereocenters. The Hall–Kier alpha value is -1.65. The summed E-state index contributed by atoms with van der Waals surface area (Å²) in [5.74, 6) is -0.100. The number of nitrogens with zero attached hydrogens (tertiary/aromatic N) is 3. The standard InChI is InChI=1S/C12H17N3O2/c1-8-6-9(2)14-11(13-8)15-5-4-12(3,7-15)10(16)17/h6H,4-5,7H2,1-3H3,(H,16,17). The molecule has 1 saturated heterocycles. The van der Waals surface area contributed by atoms with E-state index in [1.807, 2.05) is 24.8 Å². The van der Waals surface area contributed by atoms with Crippen molar-refractivity contribution in [2.75, 3.05) is 18.0 Å². The summed E-state index contributed by atoms with van der Waals surface area (Å²) in [6.07, 6.45) is 0.638. The van der Waals surface area contributed by atoms with Gasteiger partial charge >= 0.3 is 5.97 Å². The van der Waals surface area contributed by atoms with Crippen LogP contribution < -0.4 is 4.90 Å². The van der Waals surface area contributed by atoms with Crippen molar-refractivity contribution in [1.29, 1.82) is 0 Å². The Morgan fingerprint density at radius 3 is 2.47 bits per heavy atom. The molecule has 0 saturated carbocycles. The molecule has 5 heteroatoms. The first-order valence-corrected chi connectivity index (χ1v) is 5.71. The minimum atomic E-state index is -0.746. The normalized spacial score (nSPS) is 24.1. The van der Waals surface area contributed by atoms with Gasteiger partial charge in [-0.25, -0.2) is 9.97 Å². The molecule has 1 aliphatic rings. The van der Waals surface area contributed by atoms with Crippen LogP contribution in [-0.4, -0.2) is 34.1 Å². The fourth-order valence-electron chi connectivity index (χ4n) is 2.16. The molecule has 92 valence electrons. The van der Waals surface area contributed by atoms with Crippen LogP contribution in [0.15, 0.2) is 6.07 Å². The van der Waals surface area contributed by atoms with Crippen LogP contribution in [0.3, 0.4) is 0 Å². The molecule has 1 aliphatic heterocycles. The van der Waals surface area contributed by atoms with Crippen molar-refractivity contribution in [3.63, 3.8) is 0 Å². The Bertz CT molecular complexity index is 441. The van der Waals surface area contributed by atoms with E-state index in [0.29, 0.717) is 25.5 Å². The predicted molar refractivity (Wildman–Crippen MR) is 64.1 cm³/mol. The molecule has 0 amide bonds. The lowest BCUT2D eigenvalue weighted by molar-refractivity contribution is -0.146. The van der Waals surface area contributed by atoms with E-state index in [2.05, 4.69) is 9.97 Å². The molecule has 0 aromatic carbocycles. The number of aliphatic carboxylic acids is 1. The molecule has 0 bridgehead atoms. The SMILES string of the molecule is Cc1cc(C)nc(N2CCC(C)(C(=O)O)C2)n1. The number of carboxylic acids is 1. The Balaban J connectivity index is 2.23. The molecule has 0 aliphatic carbocycles. The molecule has 2 heterocycles. The van der Waals surface area contributed by atoms with E-state index >= 15 is 0 Å². The van der Waals surface area contributed by atoms with Gasteiger partial charge in [0.2, 0.25) is 5.95 Å². The lowest BCUT2D eigenvalue weighted by atomic mass is 9.90. The molecule has 1 unspecified atom stereocenters. The molecule has 1 N–H and O–H groups in total. The molecule has 17 heavy (non-hydrogen) atoms. The maximum Gasteiger partial charge on any atom is 0.311 e. The number of aryl methyl sites for hydroxylation is 2. The maximum atomic E-state index is 11.2. The van der Waals surface area contributed by atoms with E-state index in [4.69, 9.17) is 0 Å². The molecule has 1 aromatic rings. The van der Waals surface area contributed by atoms with Crippen molar-refractivity contribution in [2.24, 2.45) is 5.41 Å². The molecule has 2 rings (SSSR count). The third-order valence-corrected chi connectivity index (χ3v) is 3.24. The third kappa shape index (κ3) is 2.23. The minimum Gasteiger partial charge on any atom is -0.481 e. The summed E-state index contributed by atoms with van der Waals surface area (Å²) >= 11 is 0. The zero-order chi connectivity index (χ0) is 12.6. The quantitative estimate of drug-likeness (QED) is 0.839. The second-order valence-electron chi connectivity index (χ2n) is 4.99. The van der Waals surface area contributed by atoms with Crippen LogP contribution in [0.4, 0.5) is 5.95 Å². The van der Waals surface area contributed by atoms with Crippen LogP contribution >= 0.6 is 0 Å². The number of carbonyl (C=O) groups is 1. The van der Waals surface area contributed by atoms with Gasteiger partial charge in [-0.1, -0.05) is 0 Å². The van der Waals surface area contributed by atoms with Gasteiger partial charge in [-0.2, -0.15) is 0 Å². The van der Waals surface area contributed by atoms with Gasteiger partial charge in [0.05, 0.1) is 5.41 Å². The van der Waals surface area contributed by atoms with E-state index in [-0.39, 0.29) is 0 Å². The summed E-state index contributed by atoms with van der Waals surface area (Å²) in [6, 6.07) is 1.91. The Morgan fingerprint density at radius 1 is 1.41 bits per heavy atom. The van der Waals surface area contributed by atoms with Crippen LogP contribution in [0.5, 0.6) is 0 Å². The molecule has 5 nitrogen and oxygen atoms in total. The van der Waals surface area contributed by atoms with Gasteiger partial charge in [-0.05, 0) is 33.3 Å².